The minimum atomic E-state index is 0.0209. The number of para-hydroxylation sites is 2. The fourth-order valence-electron chi connectivity index (χ4n) is 3.03. The standard InChI is InChI=1S/C20H24N4/c1-15-19(23(3)17-11-7-5-8-12-17)22-16(2)20(21-15)24(4)18-13-9-6-10-14-18/h5-16H,1-4H3/t15-,16-/m1/s1. The van der Waals surface area contributed by atoms with Crippen LogP contribution >= 0.6 is 0 Å². The number of nitrogens with zero attached hydrogens (tertiary/aromatic N) is 4. The van der Waals surface area contributed by atoms with E-state index in [-0.39, 0.29) is 12.1 Å². The van der Waals surface area contributed by atoms with Crippen LogP contribution in [0.5, 0.6) is 0 Å². The van der Waals surface area contributed by atoms with Gasteiger partial charge in [-0.2, -0.15) is 0 Å². The number of anilines is 2. The Hall–Kier alpha value is -2.62. The second-order valence-electron chi connectivity index (χ2n) is 6.12. The summed E-state index contributed by atoms with van der Waals surface area (Å²) >= 11 is 0. The maximum absolute atomic E-state index is 4.94. The molecule has 0 unspecified atom stereocenters. The van der Waals surface area contributed by atoms with Crippen molar-refractivity contribution in [2.75, 3.05) is 23.9 Å². The van der Waals surface area contributed by atoms with Crippen LogP contribution in [0.3, 0.4) is 0 Å². The monoisotopic (exact) mass is 320 g/mol. The van der Waals surface area contributed by atoms with Crippen molar-refractivity contribution in [1.82, 2.24) is 0 Å². The molecule has 0 saturated carbocycles. The van der Waals surface area contributed by atoms with Gasteiger partial charge >= 0.3 is 0 Å². The molecule has 0 radical (unpaired) electrons. The molecule has 2 aromatic carbocycles. The van der Waals surface area contributed by atoms with Crippen molar-refractivity contribution in [3.05, 3.63) is 60.7 Å². The molecule has 4 heteroatoms. The highest BCUT2D eigenvalue weighted by Gasteiger charge is 2.27. The van der Waals surface area contributed by atoms with Gasteiger partial charge in [-0.05, 0) is 38.1 Å². The second kappa shape index (κ2) is 6.87. The number of likely N-dealkylation sites (N-methyl/N-ethyl adjacent to an activating group) is 2. The number of aliphatic imine (C=N–C) groups is 2. The van der Waals surface area contributed by atoms with Gasteiger partial charge in [0.2, 0.25) is 0 Å². The quantitative estimate of drug-likeness (QED) is 0.841. The summed E-state index contributed by atoms with van der Waals surface area (Å²) in [5.41, 5.74) is 2.26. The smallest absolute Gasteiger partial charge is 0.129 e. The zero-order valence-electron chi connectivity index (χ0n) is 14.7. The molecule has 0 aromatic heterocycles. The van der Waals surface area contributed by atoms with Gasteiger partial charge in [-0.15, -0.1) is 0 Å². The molecule has 1 heterocycles. The van der Waals surface area contributed by atoms with E-state index in [4.69, 9.17) is 9.98 Å². The van der Waals surface area contributed by atoms with Crippen LogP contribution in [0.2, 0.25) is 0 Å². The lowest BCUT2D eigenvalue weighted by atomic mass is 10.1. The highest BCUT2D eigenvalue weighted by Crippen LogP contribution is 2.21. The number of hydrogen-bond acceptors (Lipinski definition) is 4. The molecule has 24 heavy (non-hydrogen) atoms. The van der Waals surface area contributed by atoms with E-state index in [2.05, 4.69) is 62.0 Å². The molecule has 0 bridgehead atoms. The zero-order chi connectivity index (χ0) is 17.1. The van der Waals surface area contributed by atoms with E-state index in [0.29, 0.717) is 0 Å². The topological polar surface area (TPSA) is 31.2 Å². The van der Waals surface area contributed by atoms with Gasteiger partial charge in [-0.3, -0.25) is 9.98 Å². The number of hydrogen-bond donors (Lipinski definition) is 0. The van der Waals surface area contributed by atoms with Crippen molar-refractivity contribution in [1.29, 1.82) is 0 Å². The van der Waals surface area contributed by atoms with E-state index in [1.165, 1.54) is 0 Å². The predicted molar refractivity (Wildman–Crippen MR) is 103 cm³/mol. The van der Waals surface area contributed by atoms with Crippen molar-refractivity contribution < 1.29 is 0 Å². The largest absolute Gasteiger partial charge is 0.331 e. The SMILES string of the molecule is C[C@H]1N=C(N(C)c2ccccc2)[C@@H](C)N=C1N(C)c1ccccc1. The van der Waals surface area contributed by atoms with Crippen LogP contribution in [0, 0.1) is 0 Å². The van der Waals surface area contributed by atoms with E-state index in [0.717, 1.165) is 23.0 Å². The van der Waals surface area contributed by atoms with E-state index in [1.54, 1.807) is 0 Å². The van der Waals surface area contributed by atoms with Gasteiger partial charge in [0.15, 0.2) is 0 Å². The molecular weight excluding hydrogens is 296 g/mol. The minimum absolute atomic E-state index is 0.0209. The van der Waals surface area contributed by atoms with Crippen LogP contribution in [-0.2, 0) is 0 Å². The molecule has 1 aliphatic rings. The van der Waals surface area contributed by atoms with Crippen molar-refractivity contribution in [3.63, 3.8) is 0 Å². The van der Waals surface area contributed by atoms with Gasteiger partial charge in [-0.1, -0.05) is 36.4 Å². The maximum Gasteiger partial charge on any atom is 0.129 e. The first-order valence-electron chi connectivity index (χ1n) is 8.31. The highest BCUT2D eigenvalue weighted by atomic mass is 15.3. The second-order valence-corrected chi connectivity index (χ2v) is 6.12. The molecule has 0 amide bonds. The molecule has 2 aromatic rings. The lowest BCUT2D eigenvalue weighted by Gasteiger charge is -2.33. The third-order valence-electron chi connectivity index (χ3n) is 4.37. The van der Waals surface area contributed by atoms with E-state index >= 15 is 0 Å². The molecule has 0 N–H and O–H groups in total. The Labute approximate surface area is 144 Å². The molecule has 124 valence electrons. The minimum Gasteiger partial charge on any atom is -0.331 e. The van der Waals surface area contributed by atoms with Gasteiger partial charge in [0.05, 0.1) is 0 Å². The average molecular weight is 320 g/mol. The lowest BCUT2D eigenvalue weighted by molar-refractivity contribution is 0.820. The molecule has 3 rings (SSSR count). The Kier molecular flexibility index (Phi) is 4.65. The third-order valence-corrected chi connectivity index (χ3v) is 4.37. The van der Waals surface area contributed by atoms with Gasteiger partial charge < -0.3 is 9.80 Å². The summed E-state index contributed by atoms with van der Waals surface area (Å²) in [5.74, 6) is 2.00. The summed E-state index contributed by atoms with van der Waals surface area (Å²) < 4.78 is 0. The summed E-state index contributed by atoms with van der Waals surface area (Å²) in [6, 6.07) is 20.6. The summed E-state index contributed by atoms with van der Waals surface area (Å²) in [4.78, 5) is 14.1. The van der Waals surface area contributed by atoms with Crippen LogP contribution in [0.1, 0.15) is 13.8 Å². The Balaban J connectivity index is 1.84. The third kappa shape index (κ3) is 3.18. The van der Waals surface area contributed by atoms with Gasteiger partial charge in [0.1, 0.15) is 23.8 Å². The number of benzene rings is 2. The summed E-state index contributed by atoms with van der Waals surface area (Å²) in [6.07, 6.45) is 0. The van der Waals surface area contributed by atoms with E-state index in [1.807, 2.05) is 36.4 Å². The Morgan fingerprint density at radius 3 is 1.29 bits per heavy atom. The molecule has 4 nitrogen and oxygen atoms in total. The van der Waals surface area contributed by atoms with Crippen molar-refractivity contribution in [2.24, 2.45) is 9.98 Å². The Morgan fingerprint density at radius 2 is 0.958 bits per heavy atom. The van der Waals surface area contributed by atoms with Crippen LogP contribution in [-0.4, -0.2) is 37.9 Å². The van der Waals surface area contributed by atoms with Crippen LogP contribution in [0.25, 0.3) is 0 Å². The first-order chi connectivity index (χ1) is 11.6. The average Bonchev–Trinajstić information content (AvgIpc) is 2.63. The van der Waals surface area contributed by atoms with Crippen molar-refractivity contribution >= 4 is 23.0 Å². The molecule has 0 fully saturated rings. The molecule has 0 spiro atoms. The zero-order valence-corrected chi connectivity index (χ0v) is 14.7. The number of amidine groups is 2. The predicted octanol–water partition coefficient (Wildman–Crippen LogP) is 3.85. The lowest BCUT2D eigenvalue weighted by Crippen LogP contribution is -2.45. The maximum atomic E-state index is 4.94. The molecule has 0 saturated heterocycles. The Morgan fingerprint density at radius 1 is 0.625 bits per heavy atom. The number of rotatable bonds is 2. The van der Waals surface area contributed by atoms with Crippen LogP contribution in [0.4, 0.5) is 11.4 Å². The van der Waals surface area contributed by atoms with Gasteiger partial charge in [0, 0.05) is 25.5 Å². The Bertz CT molecular complexity index is 671. The summed E-state index contributed by atoms with van der Waals surface area (Å²) in [7, 11) is 4.11. The highest BCUT2D eigenvalue weighted by molar-refractivity contribution is 6.10. The fraction of sp³-hybridized carbons (Fsp3) is 0.300. The molecule has 1 aliphatic heterocycles. The molecular formula is C20H24N4. The van der Waals surface area contributed by atoms with Crippen molar-refractivity contribution in [2.45, 2.75) is 25.9 Å². The van der Waals surface area contributed by atoms with Gasteiger partial charge in [0.25, 0.3) is 0 Å². The summed E-state index contributed by atoms with van der Waals surface area (Å²) in [5, 5.41) is 0. The molecule has 0 aliphatic carbocycles. The first-order valence-corrected chi connectivity index (χ1v) is 8.31. The van der Waals surface area contributed by atoms with E-state index in [9.17, 15) is 0 Å². The normalized spacial score (nSPS) is 20.2. The fourth-order valence-corrected chi connectivity index (χ4v) is 3.03. The summed E-state index contributed by atoms with van der Waals surface area (Å²) in [6.45, 7) is 4.20. The van der Waals surface area contributed by atoms with E-state index < -0.39 is 0 Å². The van der Waals surface area contributed by atoms with Crippen LogP contribution < -0.4 is 9.80 Å². The van der Waals surface area contributed by atoms with Crippen molar-refractivity contribution in [3.8, 4) is 0 Å². The molecule has 2 atom stereocenters. The first kappa shape index (κ1) is 16.2. The van der Waals surface area contributed by atoms with Crippen LogP contribution in [0.15, 0.2) is 70.6 Å². The van der Waals surface area contributed by atoms with Gasteiger partial charge in [-0.25, -0.2) is 0 Å².